The van der Waals surface area contributed by atoms with E-state index in [1.54, 1.807) is 0 Å². The minimum atomic E-state index is 0.701. The van der Waals surface area contributed by atoms with Crippen LogP contribution in [0.3, 0.4) is 0 Å². The highest BCUT2D eigenvalue weighted by molar-refractivity contribution is 5.72. The first-order valence-corrected chi connectivity index (χ1v) is 5.35. The van der Waals surface area contributed by atoms with Crippen molar-refractivity contribution in [2.24, 2.45) is 5.92 Å². The molecule has 1 heterocycles. The molecule has 0 aliphatic carbocycles. The summed E-state index contributed by atoms with van der Waals surface area (Å²) in [5, 5.41) is 2.64. The smallest absolute Gasteiger partial charge is 0.211 e. The summed E-state index contributed by atoms with van der Waals surface area (Å²) in [7, 11) is 0. The third kappa shape index (κ3) is 2.29. The lowest BCUT2D eigenvalue weighted by Gasteiger charge is -2.18. The van der Waals surface area contributed by atoms with Crippen LogP contribution in [-0.4, -0.2) is 19.5 Å². The molecule has 80 valence electrons. The van der Waals surface area contributed by atoms with Crippen LogP contribution in [0.1, 0.15) is 13.3 Å². The maximum Gasteiger partial charge on any atom is 0.211 e. The summed E-state index contributed by atoms with van der Waals surface area (Å²) in [6, 6.07) is 7.99. The Kier molecular flexibility index (Phi) is 2.90. The topological polar surface area (TPSA) is 32.3 Å². The number of hydrogen-bond acceptors (Lipinski definition) is 2. The molecule has 15 heavy (non-hydrogen) atoms. The van der Waals surface area contributed by atoms with E-state index in [9.17, 15) is 4.79 Å². The number of nitrogens with one attached hydrogen (secondary N) is 1. The van der Waals surface area contributed by atoms with Crippen LogP contribution in [0.25, 0.3) is 0 Å². The molecule has 1 saturated heterocycles. The molecule has 0 radical (unpaired) electrons. The van der Waals surface area contributed by atoms with Crippen LogP contribution < -0.4 is 10.2 Å². The van der Waals surface area contributed by atoms with Crippen molar-refractivity contribution in [2.75, 3.05) is 23.3 Å². The van der Waals surface area contributed by atoms with Gasteiger partial charge in [0.15, 0.2) is 0 Å². The summed E-state index contributed by atoms with van der Waals surface area (Å²) in [5.74, 6) is 0.790. The molecular formula is C12H16N2O. The van der Waals surface area contributed by atoms with Crippen molar-refractivity contribution in [1.29, 1.82) is 0 Å². The lowest BCUT2D eigenvalue weighted by molar-refractivity contribution is -0.105. The molecule has 3 heteroatoms. The van der Waals surface area contributed by atoms with Crippen molar-refractivity contribution >= 4 is 17.8 Å². The van der Waals surface area contributed by atoms with Gasteiger partial charge < -0.3 is 10.2 Å². The molecule has 1 aromatic carbocycles. The highest BCUT2D eigenvalue weighted by atomic mass is 16.1. The Morgan fingerprint density at radius 1 is 1.40 bits per heavy atom. The number of carbonyl (C=O) groups excluding carboxylic acids is 1. The van der Waals surface area contributed by atoms with E-state index in [-0.39, 0.29) is 0 Å². The highest BCUT2D eigenvalue weighted by Gasteiger charge is 2.18. The first kappa shape index (κ1) is 10.0. The van der Waals surface area contributed by atoms with Crippen LogP contribution >= 0.6 is 0 Å². The second-order valence-corrected chi connectivity index (χ2v) is 4.15. The standard InChI is InChI=1S/C12H16N2O/c1-10-6-7-14(8-10)12-4-2-11(3-5-12)13-9-15/h2-5,9-10H,6-8H2,1H3,(H,13,15). The molecule has 1 aromatic rings. The Balaban J connectivity index is 2.06. The lowest BCUT2D eigenvalue weighted by atomic mass is 10.2. The average molecular weight is 204 g/mol. The van der Waals surface area contributed by atoms with Gasteiger partial charge in [0.25, 0.3) is 0 Å². The summed E-state index contributed by atoms with van der Waals surface area (Å²) in [6.45, 7) is 4.56. The molecular weight excluding hydrogens is 188 g/mol. The van der Waals surface area contributed by atoms with Crippen molar-refractivity contribution in [3.8, 4) is 0 Å². The predicted molar refractivity (Wildman–Crippen MR) is 62.1 cm³/mol. The fraction of sp³-hybridized carbons (Fsp3) is 0.417. The van der Waals surface area contributed by atoms with E-state index in [2.05, 4.69) is 29.3 Å². The molecule has 1 atom stereocenters. The van der Waals surface area contributed by atoms with E-state index in [0.717, 1.165) is 24.7 Å². The second kappa shape index (κ2) is 4.34. The molecule has 1 aliphatic rings. The number of hydrogen-bond donors (Lipinski definition) is 1. The maximum atomic E-state index is 10.2. The van der Waals surface area contributed by atoms with Crippen molar-refractivity contribution in [3.63, 3.8) is 0 Å². The molecule has 0 aromatic heterocycles. The lowest BCUT2D eigenvalue weighted by Crippen LogP contribution is -2.18. The molecule has 0 saturated carbocycles. The Bertz CT molecular complexity index is 334. The van der Waals surface area contributed by atoms with Crippen LogP contribution in [-0.2, 0) is 4.79 Å². The molecule has 1 N–H and O–H groups in total. The van der Waals surface area contributed by atoms with E-state index in [4.69, 9.17) is 0 Å². The Morgan fingerprint density at radius 3 is 2.67 bits per heavy atom. The van der Waals surface area contributed by atoms with Crippen LogP contribution in [0.5, 0.6) is 0 Å². The first-order chi connectivity index (χ1) is 7.29. The van der Waals surface area contributed by atoms with Gasteiger partial charge in [-0.3, -0.25) is 4.79 Å². The normalized spacial score (nSPS) is 20.3. The van der Waals surface area contributed by atoms with Crippen molar-refractivity contribution in [2.45, 2.75) is 13.3 Å². The monoisotopic (exact) mass is 204 g/mol. The molecule has 1 amide bonds. The minimum absolute atomic E-state index is 0.701. The van der Waals surface area contributed by atoms with E-state index in [1.807, 2.05) is 12.1 Å². The van der Waals surface area contributed by atoms with Gasteiger partial charge in [-0.2, -0.15) is 0 Å². The van der Waals surface area contributed by atoms with Crippen LogP contribution in [0.15, 0.2) is 24.3 Å². The number of nitrogens with zero attached hydrogens (tertiary/aromatic N) is 1. The first-order valence-electron chi connectivity index (χ1n) is 5.35. The van der Waals surface area contributed by atoms with Gasteiger partial charge >= 0.3 is 0 Å². The predicted octanol–water partition coefficient (Wildman–Crippen LogP) is 2.10. The van der Waals surface area contributed by atoms with Gasteiger partial charge in [0.2, 0.25) is 6.41 Å². The van der Waals surface area contributed by atoms with Gasteiger partial charge in [-0.1, -0.05) is 6.92 Å². The molecule has 1 unspecified atom stereocenters. The van der Waals surface area contributed by atoms with Crippen molar-refractivity contribution < 1.29 is 4.79 Å². The van der Waals surface area contributed by atoms with Gasteiger partial charge in [-0.05, 0) is 36.6 Å². The number of rotatable bonds is 3. The minimum Gasteiger partial charge on any atom is -0.371 e. The molecule has 0 bridgehead atoms. The van der Waals surface area contributed by atoms with Gasteiger partial charge in [0, 0.05) is 24.5 Å². The molecule has 1 aliphatic heterocycles. The Morgan fingerprint density at radius 2 is 2.13 bits per heavy atom. The van der Waals surface area contributed by atoms with Crippen LogP contribution in [0.4, 0.5) is 11.4 Å². The van der Waals surface area contributed by atoms with Gasteiger partial charge in [0.05, 0.1) is 0 Å². The fourth-order valence-corrected chi connectivity index (χ4v) is 2.01. The third-order valence-corrected chi connectivity index (χ3v) is 2.88. The van der Waals surface area contributed by atoms with Gasteiger partial charge in [0.1, 0.15) is 0 Å². The van der Waals surface area contributed by atoms with E-state index < -0.39 is 0 Å². The average Bonchev–Trinajstić information content (AvgIpc) is 2.67. The van der Waals surface area contributed by atoms with E-state index in [0.29, 0.717) is 6.41 Å². The van der Waals surface area contributed by atoms with Crippen molar-refractivity contribution in [3.05, 3.63) is 24.3 Å². The van der Waals surface area contributed by atoms with E-state index >= 15 is 0 Å². The quantitative estimate of drug-likeness (QED) is 0.765. The zero-order chi connectivity index (χ0) is 10.7. The largest absolute Gasteiger partial charge is 0.371 e. The third-order valence-electron chi connectivity index (χ3n) is 2.88. The summed E-state index contributed by atoms with van der Waals surface area (Å²) < 4.78 is 0. The Labute approximate surface area is 90.1 Å². The molecule has 2 rings (SSSR count). The van der Waals surface area contributed by atoms with Gasteiger partial charge in [-0.15, -0.1) is 0 Å². The maximum absolute atomic E-state index is 10.2. The summed E-state index contributed by atoms with van der Waals surface area (Å²) in [6.07, 6.45) is 1.97. The fourth-order valence-electron chi connectivity index (χ4n) is 2.01. The summed E-state index contributed by atoms with van der Waals surface area (Å²) >= 11 is 0. The number of benzene rings is 1. The van der Waals surface area contributed by atoms with E-state index in [1.165, 1.54) is 12.1 Å². The molecule has 3 nitrogen and oxygen atoms in total. The highest BCUT2D eigenvalue weighted by Crippen LogP contribution is 2.24. The zero-order valence-electron chi connectivity index (χ0n) is 8.94. The molecule has 1 fully saturated rings. The Hall–Kier alpha value is -1.51. The summed E-state index contributed by atoms with van der Waals surface area (Å²) in [5.41, 5.74) is 2.09. The van der Waals surface area contributed by atoms with Crippen LogP contribution in [0.2, 0.25) is 0 Å². The number of amides is 1. The number of carbonyl (C=O) groups is 1. The summed E-state index contributed by atoms with van der Waals surface area (Å²) in [4.78, 5) is 12.6. The van der Waals surface area contributed by atoms with Crippen LogP contribution in [0, 0.1) is 5.92 Å². The molecule has 0 spiro atoms. The number of anilines is 2. The zero-order valence-corrected chi connectivity index (χ0v) is 8.94. The SMILES string of the molecule is CC1CCN(c2ccc(NC=O)cc2)C1. The second-order valence-electron chi connectivity index (χ2n) is 4.15. The van der Waals surface area contributed by atoms with Gasteiger partial charge in [-0.25, -0.2) is 0 Å². The van der Waals surface area contributed by atoms with Crippen molar-refractivity contribution in [1.82, 2.24) is 0 Å².